The Labute approximate surface area is 152 Å². The Bertz CT molecular complexity index is 583. The molecule has 0 atom stereocenters. The lowest BCUT2D eigenvalue weighted by Gasteiger charge is -2.04. The lowest BCUT2D eigenvalue weighted by molar-refractivity contribution is 0.475. The molecule has 6 heteroatoms. The van der Waals surface area contributed by atoms with Crippen molar-refractivity contribution < 1.29 is 13.5 Å². The average molecular weight is 369 g/mol. The van der Waals surface area contributed by atoms with Crippen LogP contribution in [0.4, 0.5) is 0 Å². The van der Waals surface area contributed by atoms with Crippen molar-refractivity contribution in [1.82, 2.24) is 4.83 Å². The zero-order chi connectivity index (χ0) is 18.4. The van der Waals surface area contributed by atoms with E-state index < -0.39 is 10.0 Å². The van der Waals surface area contributed by atoms with E-state index in [1.165, 1.54) is 63.3 Å². The standard InChI is InChI=1S/C19H32N2O3S/c1-2-3-4-5-6-7-8-9-10-11-16-25(23,24)21-20-17-18-12-14-19(22)15-13-18/h12-15,17,21-22H,2-11,16H2,1H3/b20-17-. The van der Waals surface area contributed by atoms with Gasteiger partial charge in [0.25, 0.3) is 0 Å². The Balaban J connectivity index is 2.08. The summed E-state index contributed by atoms with van der Waals surface area (Å²) >= 11 is 0. The summed E-state index contributed by atoms with van der Waals surface area (Å²) < 4.78 is 23.7. The van der Waals surface area contributed by atoms with Gasteiger partial charge in [-0.25, -0.2) is 13.2 Å². The maximum Gasteiger partial charge on any atom is 0.247 e. The second-order valence-electron chi connectivity index (χ2n) is 6.44. The number of hydrogen-bond donors (Lipinski definition) is 2. The molecule has 1 aromatic rings. The summed E-state index contributed by atoms with van der Waals surface area (Å²) in [5.74, 6) is 0.273. The molecule has 25 heavy (non-hydrogen) atoms. The molecular formula is C19H32N2O3S. The van der Waals surface area contributed by atoms with Gasteiger partial charge in [-0.1, -0.05) is 64.7 Å². The van der Waals surface area contributed by atoms with Crippen molar-refractivity contribution in [1.29, 1.82) is 0 Å². The summed E-state index contributed by atoms with van der Waals surface area (Å²) in [6.45, 7) is 2.22. The number of aromatic hydroxyl groups is 1. The number of hydrogen-bond acceptors (Lipinski definition) is 4. The van der Waals surface area contributed by atoms with Crippen LogP contribution in [0.15, 0.2) is 29.4 Å². The molecule has 0 fully saturated rings. The third kappa shape index (κ3) is 11.6. The van der Waals surface area contributed by atoms with Gasteiger partial charge in [0.05, 0.1) is 12.0 Å². The van der Waals surface area contributed by atoms with Crippen molar-refractivity contribution in [2.45, 2.75) is 71.1 Å². The highest BCUT2D eigenvalue weighted by atomic mass is 32.2. The van der Waals surface area contributed by atoms with E-state index in [0.29, 0.717) is 6.42 Å². The highest BCUT2D eigenvalue weighted by Crippen LogP contribution is 2.11. The number of nitrogens with one attached hydrogen (secondary N) is 1. The van der Waals surface area contributed by atoms with Gasteiger partial charge >= 0.3 is 0 Å². The fourth-order valence-electron chi connectivity index (χ4n) is 2.57. The van der Waals surface area contributed by atoms with Crippen molar-refractivity contribution in [3.63, 3.8) is 0 Å². The molecular weight excluding hydrogens is 336 g/mol. The monoisotopic (exact) mass is 368 g/mol. The van der Waals surface area contributed by atoms with E-state index in [9.17, 15) is 13.5 Å². The first-order chi connectivity index (χ1) is 12.0. The van der Waals surface area contributed by atoms with Gasteiger partial charge in [-0.15, -0.1) is 0 Å². The van der Waals surface area contributed by atoms with Crippen LogP contribution in [0.3, 0.4) is 0 Å². The van der Waals surface area contributed by atoms with E-state index in [4.69, 9.17) is 0 Å². The number of phenols is 1. The first-order valence-corrected chi connectivity index (χ1v) is 11.0. The van der Waals surface area contributed by atoms with E-state index in [1.807, 2.05) is 0 Å². The first kappa shape index (κ1) is 21.5. The molecule has 1 rings (SSSR count). The summed E-state index contributed by atoms with van der Waals surface area (Å²) in [6.07, 6.45) is 13.2. The van der Waals surface area contributed by atoms with Crippen molar-refractivity contribution in [2.75, 3.05) is 5.75 Å². The van der Waals surface area contributed by atoms with Gasteiger partial charge in [0.1, 0.15) is 5.75 Å². The molecule has 1 aromatic carbocycles. The molecule has 0 aromatic heterocycles. The van der Waals surface area contributed by atoms with Gasteiger partial charge in [-0.05, 0) is 36.2 Å². The van der Waals surface area contributed by atoms with Crippen LogP contribution in [0.2, 0.25) is 0 Å². The lowest BCUT2D eigenvalue weighted by Crippen LogP contribution is -2.21. The first-order valence-electron chi connectivity index (χ1n) is 9.35. The minimum Gasteiger partial charge on any atom is -0.508 e. The molecule has 0 amide bonds. The predicted molar refractivity (Wildman–Crippen MR) is 104 cm³/mol. The van der Waals surface area contributed by atoms with Gasteiger partial charge in [0.2, 0.25) is 10.0 Å². The SMILES string of the molecule is CCCCCCCCCCCCS(=O)(=O)N/N=C\c1ccc(O)cc1. The van der Waals surface area contributed by atoms with Gasteiger partial charge in [0.15, 0.2) is 0 Å². The van der Waals surface area contributed by atoms with E-state index in [-0.39, 0.29) is 11.5 Å². The van der Waals surface area contributed by atoms with Crippen LogP contribution in [0.5, 0.6) is 5.75 Å². The van der Waals surface area contributed by atoms with Crippen LogP contribution >= 0.6 is 0 Å². The number of sulfonamides is 1. The fourth-order valence-corrected chi connectivity index (χ4v) is 3.46. The molecule has 0 heterocycles. The third-order valence-corrected chi connectivity index (χ3v) is 5.27. The molecule has 2 N–H and O–H groups in total. The molecule has 0 saturated carbocycles. The van der Waals surface area contributed by atoms with Crippen LogP contribution < -0.4 is 4.83 Å². The van der Waals surface area contributed by atoms with Crippen molar-refractivity contribution in [3.8, 4) is 5.75 Å². The topological polar surface area (TPSA) is 78.8 Å². The number of nitrogens with zero attached hydrogens (tertiary/aromatic N) is 1. The number of rotatable bonds is 14. The largest absolute Gasteiger partial charge is 0.508 e. The minimum absolute atomic E-state index is 0.108. The van der Waals surface area contributed by atoms with E-state index in [2.05, 4.69) is 16.9 Å². The van der Waals surface area contributed by atoms with Crippen LogP contribution in [0, 0.1) is 0 Å². The number of phenolic OH excluding ortho intramolecular Hbond substituents is 1. The molecule has 0 aliphatic heterocycles. The quantitative estimate of drug-likeness (QED) is 0.287. The van der Waals surface area contributed by atoms with Gasteiger partial charge < -0.3 is 5.11 Å². The minimum atomic E-state index is -3.36. The summed E-state index contributed by atoms with van der Waals surface area (Å²) in [7, 11) is -3.36. The molecule has 0 unspecified atom stereocenters. The highest BCUT2D eigenvalue weighted by Gasteiger charge is 2.07. The normalized spacial score (nSPS) is 11.9. The summed E-state index contributed by atoms with van der Waals surface area (Å²) in [5, 5.41) is 12.9. The molecule has 0 spiro atoms. The van der Waals surface area contributed by atoms with Crippen molar-refractivity contribution in [2.24, 2.45) is 5.10 Å². The number of unbranched alkanes of at least 4 members (excludes halogenated alkanes) is 9. The van der Waals surface area contributed by atoms with Crippen LogP contribution in [0.25, 0.3) is 0 Å². The molecule has 0 aliphatic carbocycles. The van der Waals surface area contributed by atoms with E-state index in [1.54, 1.807) is 12.1 Å². The molecule has 0 saturated heterocycles. The Kier molecular flexibility index (Phi) is 11.0. The third-order valence-electron chi connectivity index (χ3n) is 4.07. The Morgan fingerprint density at radius 2 is 1.44 bits per heavy atom. The summed E-state index contributed by atoms with van der Waals surface area (Å²) in [5.41, 5.74) is 0.722. The van der Waals surface area contributed by atoms with Crippen LogP contribution in [-0.4, -0.2) is 25.5 Å². The smallest absolute Gasteiger partial charge is 0.247 e. The van der Waals surface area contributed by atoms with Crippen LogP contribution in [0.1, 0.15) is 76.7 Å². The molecule has 0 bridgehead atoms. The molecule has 0 aliphatic rings. The van der Waals surface area contributed by atoms with Crippen molar-refractivity contribution in [3.05, 3.63) is 29.8 Å². The fraction of sp³-hybridized carbons (Fsp3) is 0.632. The average Bonchev–Trinajstić information content (AvgIpc) is 2.58. The highest BCUT2D eigenvalue weighted by molar-refractivity contribution is 7.89. The number of hydrazone groups is 1. The van der Waals surface area contributed by atoms with Gasteiger partial charge in [-0.3, -0.25) is 0 Å². The van der Waals surface area contributed by atoms with Gasteiger partial charge in [0, 0.05) is 0 Å². The summed E-state index contributed by atoms with van der Waals surface area (Å²) in [6, 6.07) is 6.38. The number of benzene rings is 1. The Morgan fingerprint density at radius 3 is 2.00 bits per heavy atom. The molecule has 5 nitrogen and oxygen atoms in total. The second-order valence-corrected chi connectivity index (χ2v) is 8.26. The van der Waals surface area contributed by atoms with E-state index >= 15 is 0 Å². The maximum absolute atomic E-state index is 11.8. The lowest BCUT2D eigenvalue weighted by atomic mass is 10.1. The zero-order valence-corrected chi connectivity index (χ0v) is 16.1. The van der Waals surface area contributed by atoms with Crippen molar-refractivity contribution >= 4 is 16.2 Å². The zero-order valence-electron chi connectivity index (χ0n) is 15.3. The van der Waals surface area contributed by atoms with Crippen LogP contribution in [-0.2, 0) is 10.0 Å². The Hall–Kier alpha value is -1.56. The Morgan fingerprint density at radius 1 is 0.920 bits per heavy atom. The second kappa shape index (κ2) is 12.8. The van der Waals surface area contributed by atoms with Gasteiger partial charge in [-0.2, -0.15) is 5.10 Å². The van der Waals surface area contributed by atoms with E-state index in [0.717, 1.165) is 18.4 Å². The molecule has 0 radical (unpaired) electrons. The predicted octanol–water partition coefficient (Wildman–Crippen LogP) is 4.57. The molecule has 142 valence electrons. The summed E-state index contributed by atoms with van der Waals surface area (Å²) in [4.78, 5) is 2.23. The maximum atomic E-state index is 11.8.